The Labute approximate surface area is 154 Å². The van der Waals surface area contributed by atoms with Crippen LogP contribution in [0.3, 0.4) is 0 Å². The minimum atomic E-state index is -0.431. The van der Waals surface area contributed by atoms with Crippen molar-refractivity contribution in [1.82, 2.24) is 9.97 Å². The number of anilines is 1. The van der Waals surface area contributed by atoms with Crippen LogP contribution in [-0.2, 0) is 4.79 Å². The molecule has 0 bridgehead atoms. The number of pyridine rings is 1. The number of amides is 1. The van der Waals surface area contributed by atoms with E-state index in [0.717, 1.165) is 12.6 Å². The Bertz CT molecular complexity index is 740. The largest absolute Gasteiger partial charge is 0.301 e. The lowest BCUT2D eigenvalue weighted by molar-refractivity contribution is -0.119. The predicted molar refractivity (Wildman–Crippen MR) is 100 cm³/mol. The molecule has 0 aromatic carbocycles. The molecule has 1 amide bonds. The molecule has 0 aliphatic heterocycles. The van der Waals surface area contributed by atoms with Crippen molar-refractivity contribution in [1.29, 1.82) is 0 Å². The van der Waals surface area contributed by atoms with Gasteiger partial charge in [-0.25, -0.2) is 9.37 Å². The summed E-state index contributed by atoms with van der Waals surface area (Å²) in [7, 11) is 0. The minimum Gasteiger partial charge on any atom is -0.301 e. The van der Waals surface area contributed by atoms with Crippen molar-refractivity contribution in [3.8, 4) is 10.6 Å². The zero-order valence-corrected chi connectivity index (χ0v) is 15.0. The second-order valence-corrected chi connectivity index (χ2v) is 7.62. The maximum Gasteiger partial charge on any atom is 0.231 e. The summed E-state index contributed by atoms with van der Waals surface area (Å²) in [6, 6.07) is 1.36. The third kappa shape index (κ3) is 3.73. The van der Waals surface area contributed by atoms with Crippen molar-refractivity contribution in [2.45, 2.75) is 26.0 Å². The normalized spacial score (nSPS) is 18.8. The van der Waals surface area contributed by atoms with Gasteiger partial charge in [-0.05, 0) is 25.7 Å². The van der Waals surface area contributed by atoms with Crippen LogP contribution in [0.15, 0.2) is 18.5 Å². The maximum absolute atomic E-state index is 13.3. The zero-order valence-electron chi connectivity index (χ0n) is 12.6. The predicted octanol–water partition coefficient (Wildman–Crippen LogP) is 4.74. The molecule has 2 heterocycles. The van der Waals surface area contributed by atoms with Gasteiger partial charge < -0.3 is 4.90 Å². The number of rotatable bonds is 5. The first kappa shape index (κ1) is 19.1. The van der Waals surface area contributed by atoms with Crippen molar-refractivity contribution < 1.29 is 9.18 Å². The lowest BCUT2D eigenvalue weighted by Gasteiger charge is -2.19. The lowest BCUT2D eigenvalue weighted by atomic mass is 10.3. The van der Waals surface area contributed by atoms with Crippen LogP contribution in [0.4, 0.5) is 9.39 Å². The summed E-state index contributed by atoms with van der Waals surface area (Å²) < 4.78 is 13.3. The Morgan fingerprint density at radius 3 is 2.88 bits per heavy atom. The van der Waals surface area contributed by atoms with E-state index < -0.39 is 5.82 Å². The quantitative estimate of drug-likeness (QED) is 0.743. The highest BCUT2D eigenvalue weighted by atomic mass is 35.5. The number of halogens is 2. The fourth-order valence-corrected chi connectivity index (χ4v) is 4.61. The summed E-state index contributed by atoms with van der Waals surface area (Å²) in [6.45, 7) is 2.44. The van der Waals surface area contributed by atoms with E-state index in [-0.39, 0.29) is 24.4 Å². The van der Waals surface area contributed by atoms with E-state index in [1.807, 2.05) is 13.2 Å². The minimum absolute atomic E-state index is 0. The highest BCUT2D eigenvalue weighted by Crippen LogP contribution is 2.44. The molecule has 0 spiro atoms. The highest BCUT2D eigenvalue weighted by Gasteiger charge is 2.45. The number of hydrogen-bond acceptors (Lipinski definition) is 5. The van der Waals surface area contributed by atoms with Crippen LogP contribution in [0.2, 0.25) is 5.15 Å². The second kappa shape index (κ2) is 7.80. The first-order valence-electron chi connectivity index (χ1n) is 7.16. The maximum atomic E-state index is 13.3. The molecule has 2 atom stereocenters. The van der Waals surface area contributed by atoms with Gasteiger partial charge in [0, 0.05) is 23.6 Å². The lowest BCUT2D eigenvalue weighted by Crippen LogP contribution is -2.32. The van der Waals surface area contributed by atoms with Crippen molar-refractivity contribution in [2.75, 3.05) is 17.7 Å². The summed E-state index contributed by atoms with van der Waals surface area (Å²) >= 11 is 9.23. The molecular formula is C16H19ClFN3OS2. The number of hydrogen-bond donors (Lipinski definition) is 0. The van der Waals surface area contributed by atoms with E-state index in [1.54, 1.807) is 16.7 Å². The van der Waals surface area contributed by atoms with Gasteiger partial charge in [0.25, 0.3) is 0 Å². The van der Waals surface area contributed by atoms with Crippen molar-refractivity contribution >= 4 is 45.6 Å². The molecule has 130 valence electrons. The smallest absolute Gasteiger partial charge is 0.231 e. The van der Waals surface area contributed by atoms with E-state index in [9.17, 15) is 9.18 Å². The van der Waals surface area contributed by atoms with Crippen LogP contribution in [0, 0.1) is 11.7 Å². The number of carbonyl (C=O) groups excluding carboxylic acids is 1. The van der Waals surface area contributed by atoms with Gasteiger partial charge in [-0.15, -0.1) is 0 Å². The molecule has 2 aromatic heterocycles. The van der Waals surface area contributed by atoms with Gasteiger partial charge in [0.1, 0.15) is 15.8 Å². The molecule has 2 aromatic rings. The first-order chi connectivity index (χ1) is 11.0. The Hall–Kier alpha value is -1.18. The van der Waals surface area contributed by atoms with Crippen molar-refractivity contribution in [3.05, 3.63) is 29.4 Å². The molecule has 1 unspecified atom stereocenters. The fourth-order valence-electron chi connectivity index (χ4n) is 2.40. The average Bonchev–Trinajstić information content (AvgIpc) is 3.24. The number of nitrogens with zero attached hydrogens (tertiary/aromatic N) is 3. The number of thioether (sulfide) groups is 1. The van der Waals surface area contributed by atoms with Gasteiger partial charge >= 0.3 is 0 Å². The van der Waals surface area contributed by atoms with Crippen LogP contribution in [0.25, 0.3) is 10.6 Å². The summed E-state index contributed by atoms with van der Waals surface area (Å²) in [5.41, 5.74) is 0.556. The number of aromatic nitrogens is 2. The third-order valence-electron chi connectivity index (χ3n) is 3.70. The van der Waals surface area contributed by atoms with Gasteiger partial charge in [-0.1, -0.05) is 30.4 Å². The Morgan fingerprint density at radius 2 is 2.29 bits per heavy atom. The van der Waals surface area contributed by atoms with E-state index in [2.05, 4.69) is 9.97 Å². The average molecular weight is 388 g/mol. The SMILES string of the molecule is C.CCN(C(=O)C1C[C@@H]1SC)c1sc(-c2cncc(F)c2)nc1Cl. The van der Waals surface area contributed by atoms with Gasteiger partial charge in [-0.2, -0.15) is 11.8 Å². The Kier molecular flexibility index (Phi) is 6.22. The van der Waals surface area contributed by atoms with Crippen LogP contribution in [0.1, 0.15) is 20.8 Å². The highest BCUT2D eigenvalue weighted by molar-refractivity contribution is 7.99. The molecule has 1 fully saturated rings. The zero-order chi connectivity index (χ0) is 16.6. The van der Waals surface area contributed by atoms with E-state index in [1.165, 1.54) is 23.6 Å². The van der Waals surface area contributed by atoms with Gasteiger partial charge in [0.15, 0.2) is 5.15 Å². The van der Waals surface area contributed by atoms with Gasteiger partial charge in [-0.3, -0.25) is 9.78 Å². The molecule has 0 saturated heterocycles. The van der Waals surface area contributed by atoms with Crippen LogP contribution in [-0.4, -0.2) is 33.9 Å². The molecule has 1 aliphatic rings. The molecule has 1 saturated carbocycles. The van der Waals surface area contributed by atoms with Crippen LogP contribution in [0.5, 0.6) is 0 Å². The number of carbonyl (C=O) groups is 1. The molecule has 8 heteroatoms. The standard InChI is InChI=1S/C15H15ClFN3OS2.CH4/c1-3-20(14(21)10-5-11(10)22-2)15-12(16)19-13(23-15)8-4-9(17)7-18-6-8;/h4,6-7,10-11H,3,5H2,1-2H3;1H4/t10?,11-;/m0./s1. The van der Waals surface area contributed by atoms with Crippen LogP contribution >= 0.6 is 34.7 Å². The molecule has 0 radical (unpaired) electrons. The summed E-state index contributed by atoms with van der Waals surface area (Å²) in [5, 5.41) is 1.84. The summed E-state index contributed by atoms with van der Waals surface area (Å²) in [6.07, 6.45) is 5.60. The fraction of sp³-hybridized carbons (Fsp3) is 0.438. The van der Waals surface area contributed by atoms with E-state index in [0.29, 0.717) is 27.4 Å². The third-order valence-corrected chi connectivity index (χ3v) is 6.33. The van der Waals surface area contributed by atoms with Gasteiger partial charge in [0.2, 0.25) is 5.91 Å². The summed E-state index contributed by atoms with van der Waals surface area (Å²) in [4.78, 5) is 22.4. The molecular weight excluding hydrogens is 369 g/mol. The summed E-state index contributed by atoms with van der Waals surface area (Å²) in [5.74, 6) is -0.289. The van der Waals surface area contributed by atoms with E-state index in [4.69, 9.17) is 11.6 Å². The molecule has 0 N–H and O–H groups in total. The van der Waals surface area contributed by atoms with Crippen LogP contribution < -0.4 is 4.90 Å². The first-order valence-corrected chi connectivity index (χ1v) is 9.64. The Balaban J connectivity index is 0.00000208. The topological polar surface area (TPSA) is 46.1 Å². The Morgan fingerprint density at radius 1 is 1.54 bits per heavy atom. The second-order valence-electron chi connectivity index (χ2n) is 5.21. The number of thiazole rings is 1. The molecule has 1 aliphatic carbocycles. The monoisotopic (exact) mass is 387 g/mol. The molecule has 24 heavy (non-hydrogen) atoms. The molecule has 3 rings (SSSR count). The van der Waals surface area contributed by atoms with E-state index >= 15 is 0 Å². The van der Waals surface area contributed by atoms with Crippen molar-refractivity contribution in [3.63, 3.8) is 0 Å². The van der Waals surface area contributed by atoms with Crippen molar-refractivity contribution in [2.24, 2.45) is 5.92 Å². The van der Waals surface area contributed by atoms with Gasteiger partial charge in [0.05, 0.1) is 12.1 Å². The molecule has 4 nitrogen and oxygen atoms in total.